The van der Waals surface area contributed by atoms with Crippen molar-refractivity contribution in [2.75, 3.05) is 0 Å². The van der Waals surface area contributed by atoms with E-state index >= 15 is 0 Å². The molecule has 0 aromatic carbocycles. The zero-order chi connectivity index (χ0) is 11.8. The van der Waals surface area contributed by atoms with Crippen molar-refractivity contribution in [3.63, 3.8) is 0 Å². The minimum Gasteiger partial charge on any atom is -0.330 e. The lowest BCUT2D eigenvalue weighted by atomic mass is 10.3. The highest BCUT2D eigenvalue weighted by Crippen LogP contribution is 2.10. The molecule has 86 valence electrons. The van der Waals surface area contributed by atoms with Gasteiger partial charge < -0.3 is 8.97 Å². The number of fused-ring (bicyclic) bond motifs is 1. The molecule has 3 rings (SSSR count). The Balaban J connectivity index is 1.95. The molecule has 5 heteroatoms. The highest BCUT2D eigenvalue weighted by atomic mass is 79.9. The van der Waals surface area contributed by atoms with Crippen LogP contribution in [0.1, 0.15) is 11.3 Å². The highest BCUT2D eigenvalue weighted by Gasteiger charge is 2.03. The molecule has 0 saturated heterocycles. The molecule has 3 heterocycles. The van der Waals surface area contributed by atoms with Gasteiger partial charge in [-0.05, 0) is 34.5 Å². The molecule has 0 aliphatic rings. The molecule has 0 saturated carbocycles. The minimum absolute atomic E-state index is 0.735. The molecule has 0 atom stereocenters. The van der Waals surface area contributed by atoms with Gasteiger partial charge in [0.25, 0.3) is 0 Å². The maximum Gasteiger partial charge on any atom is 0.137 e. The van der Waals surface area contributed by atoms with Crippen LogP contribution in [0.3, 0.4) is 0 Å². The highest BCUT2D eigenvalue weighted by molar-refractivity contribution is 9.10. The molecule has 0 radical (unpaired) electrons. The van der Waals surface area contributed by atoms with Crippen LogP contribution in [-0.4, -0.2) is 18.9 Å². The zero-order valence-corrected chi connectivity index (χ0v) is 10.9. The first-order chi connectivity index (χ1) is 8.20. The van der Waals surface area contributed by atoms with Gasteiger partial charge >= 0.3 is 0 Å². The van der Waals surface area contributed by atoms with Crippen LogP contribution in [0.4, 0.5) is 0 Å². The second-order valence-electron chi connectivity index (χ2n) is 4.07. The van der Waals surface area contributed by atoms with Crippen molar-refractivity contribution in [2.24, 2.45) is 0 Å². The Bertz CT molecular complexity index is 668. The van der Waals surface area contributed by atoms with Gasteiger partial charge in [-0.25, -0.2) is 9.97 Å². The molecule has 0 unspecified atom stereocenters. The van der Waals surface area contributed by atoms with E-state index in [1.54, 1.807) is 6.33 Å². The van der Waals surface area contributed by atoms with Gasteiger partial charge in [-0.15, -0.1) is 0 Å². The van der Waals surface area contributed by atoms with Crippen LogP contribution in [0.15, 0.2) is 41.7 Å². The van der Waals surface area contributed by atoms with E-state index in [0.717, 1.165) is 22.5 Å². The summed E-state index contributed by atoms with van der Waals surface area (Å²) >= 11 is 3.33. The topological polar surface area (TPSA) is 35.1 Å². The van der Waals surface area contributed by atoms with Gasteiger partial charge in [0, 0.05) is 18.6 Å². The van der Waals surface area contributed by atoms with Crippen molar-refractivity contribution >= 4 is 21.6 Å². The lowest BCUT2D eigenvalue weighted by Gasteiger charge is -1.95. The maximum atomic E-state index is 4.56. The van der Waals surface area contributed by atoms with Crippen LogP contribution in [0, 0.1) is 6.92 Å². The second kappa shape index (κ2) is 4.00. The number of halogens is 1. The minimum atomic E-state index is 0.735. The molecule has 4 nitrogen and oxygen atoms in total. The number of pyridine rings is 1. The summed E-state index contributed by atoms with van der Waals surface area (Å²) in [5, 5.41) is 0. The lowest BCUT2D eigenvalue weighted by molar-refractivity contribution is 0.779. The Morgan fingerprint density at radius 2 is 2.12 bits per heavy atom. The van der Waals surface area contributed by atoms with E-state index in [1.807, 2.05) is 16.8 Å². The predicted octanol–water partition coefficient (Wildman–Crippen LogP) is 2.65. The molecule has 0 N–H and O–H groups in total. The van der Waals surface area contributed by atoms with Gasteiger partial charge in [-0.2, -0.15) is 0 Å². The second-order valence-corrected chi connectivity index (χ2v) is 4.89. The van der Waals surface area contributed by atoms with Crippen LogP contribution in [-0.2, 0) is 6.54 Å². The monoisotopic (exact) mass is 290 g/mol. The van der Waals surface area contributed by atoms with Crippen LogP contribution >= 0.6 is 15.9 Å². The molecule has 0 bridgehead atoms. The third-order valence-corrected chi connectivity index (χ3v) is 3.00. The molecule has 0 amide bonds. The average Bonchev–Trinajstić information content (AvgIpc) is 2.84. The number of hydrogen-bond acceptors (Lipinski definition) is 2. The quantitative estimate of drug-likeness (QED) is 0.727. The van der Waals surface area contributed by atoms with Crippen LogP contribution in [0.2, 0.25) is 0 Å². The number of aryl methyl sites for hydroxylation is 1. The summed E-state index contributed by atoms with van der Waals surface area (Å²) < 4.78 is 4.90. The third kappa shape index (κ3) is 2.10. The summed E-state index contributed by atoms with van der Waals surface area (Å²) in [6.45, 7) is 2.81. The summed E-state index contributed by atoms with van der Waals surface area (Å²) in [4.78, 5) is 8.68. The average molecular weight is 291 g/mol. The maximum absolute atomic E-state index is 4.56. The summed E-state index contributed by atoms with van der Waals surface area (Å²) in [6.07, 6.45) is 7.86. The molecule has 3 aromatic heterocycles. The first-order valence-corrected chi connectivity index (χ1v) is 6.11. The molecule has 3 aromatic rings. The molecule has 0 fully saturated rings. The van der Waals surface area contributed by atoms with Gasteiger partial charge in [0.1, 0.15) is 10.3 Å². The van der Waals surface area contributed by atoms with E-state index in [0.29, 0.717) is 0 Å². The van der Waals surface area contributed by atoms with E-state index in [9.17, 15) is 0 Å². The summed E-state index contributed by atoms with van der Waals surface area (Å²) in [7, 11) is 0. The normalized spacial score (nSPS) is 11.2. The molecule has 0 aliphatic carbocycles. The van der Waals surface area contributed by atoms with Gasteiger partial charge in [0.15, 0.2) is 0 Å². The fourth-order valence-electron chi connectivity index (χ4n) is 1.84. The first kappa shape index (κ1) is 10.5. The third-order valence-electron chi connectivity index (χ3n) is 2.60. The van der Waals surface area contributed by atoms with Gasteiger partial charge in [0.2, 0.25) is 0 Å². The van der Waals surface area contributed by atoms with Crippen molar-refractivity contribution in [1.29, 1.82) is 0 Å². The summed E-state index contributed by atoms with van der Waals surface area (Å²) in [6, 6.07) is 4.10. The molecule has 0 aliphatic heterocycles. The van der Waals surface area contributed by atoms with Crippen molar-refractivity contribution in [1.82, 2.24) is 18.9 Å². The number of nitrogens with zero attached hydrogens (tertiary/aromatic N) is 4. The Morgan fingerprint density at radius 3 is 2.88 bits per heavy atom. The number of aromatic nitrogens is 4. The fraction of sp³-hybridized carbons (Fsp3) is 0.167. The summed E-state index contributed by atoms with van der Waals surface area (Å²) in [5.74, 6) is 0. The molecule has 17 heavy (non-hydrogen) atoms. The Morgan fingerprint density at radius 1 is 1.24 bits per heavy atom. The number of rotatable bonds is 2. The molecule has 0 spiro atoms. The van der Waals surface area contributed by atoms with Crippen molar-refractivity contribution in [3.8, 4) is 0 Å². The van der Waals surface area contributed by atoms with Crippen molar-refractivity contribution in [3.05, 3.63) is 52.9 Å². The van der Waals surface area contributed by atoms with E-state index in [-0.39, 0.29) is 0 Å². The Hall–Kier alpha value is -1.62. The smallest absolute Gasteiger partial charge is 0.137 e. The standard InChI is InChI=1S/C12H11BrN4/c1-9-2-3-12-15-10(6-17(12)4-9)5-16-7-11(13)14-8-16/h2-4,6-8H,5H2,1H3. The van der Waals surface area contributed by atoms with Gasteiger partial charge in [0.05, 0.1) is 18.6 Å². The number of imidazole rings is 2. The lowest BCUT2D eigenvalue weighted by Crippen LogP contribution is -1.95. The Kier molecular flexibility index (Phi) is 2.48. The molecular formula is C12H11BrN4. The first-order valence-electron chi connectivity index (χ1n) is 5.32. The van der Waals surface area contributed by atoms with E-state index in [4.69, 9.17) is 0 Å². The SMILES string of the molecule is Cc1ccc2nc(Cn3cnc(Br)c3)cn2c1. The fourth-order valence-corrected chi connectivity index (χ4v) is 2.19. The van der Waals surface area contributed by atoms with Gasteiger partial charge in [-0.3, -0.25) is 0 Å². The Labute approximate surface area is 107 Å². The van der Waals surface area contributed by atoms with Crippen LogP contribution in [0.5, 0.6) is 0 Å². The van der Waals surface area contributed by atoms with Crippen molar-refractivity contribution < 1.29 is 0 Å². The molecular weight excluding hydrogens is 280 g/mol. The van der Waals surface area contributed by atoms with E-state index in [2.05, 4.69) is 55.7 Å². The largest absolute Gasteiger partial charge is 0.330 e. The zero-order valence-electron chi connectivity index (χ0n) is 9.34. The van der Waals surface area contributed by atoms with E-state index < -0.39 is 0 Å². The number of hydrogen-bond donors (Lipinski definition) is 0. The van der Waals surface area contributed by atoms with Gasteiger partial charge in [-0.1, -0.05) is 6.07 Å². The van der Waals surface area contributed by atoms with E-state index in [1.165, 1.54) is 5.56 Å². The van der Waals surface area contributed by atoms with Crippen molar-refractivity contribution in [2.45, 2.75) is 13.5 Å². The summed E-state index contributed by atoms with van der Waals surface area (Å²) in [5.41, 5.74) is 3.23. The van der Waals surface area contributed by atoms with Crippen LogP contribution < -0.4 is 0 Å². The predicted molar refractivity (Wildman–Crippen MR) is 69.0 cm³/mol. The van der Waals surface area contributed by atoms with Crippen LogP contribution in [0.25, 0.3) is 5.65 Å².